The van der Waals surface area contributed by atoms with Crippen molar-refractivity contribution >= 4 is 22.8 Å². The molecule has 1 aromatic heterocycles. The Labute approximate surface area is 231 Å². The second kappa shape index (κ2) is 12.2. The Morgan fingerprint density at radius 2 is 1.60 bits per heavy atom. The molecule has 1 N–H and O–H groups in total. The van der Waals surface area contributed by atoms with E-state index in [4.69, 9.17) is 4.74 Å². The van der Waals surface area contributed by atoms with Gasteiger partial charge in [0, 0.05) is 18.7 Å². The third-order valence-corrected chi connectivity index (χ3v) is 6.61. The lowest BCUT2D eigenvalue weighted by Gasteiger charge is -2.32. The third kappa shape index (κ3) is 5.99. The molecule has 202 valence electrons. The summed E-state index contributed by atoms with van der Waals surface area (Å²) in [5.74, 6) is -0.850. The summed E-state index contributed by atoms with van der Waals surface area (Å²) in [7, 11) is 1.57. The second-order valence-corrected chi connectivity index (χ2v) is 9.23. The molecule has 0 aliphatic rings. The Hall–Kier alpha value is -5.05. The first-order valence-electron chi connectivity index (χ1n) is 12.8. The molecule has 0 saturated heterocycles. The highest BCUT2D eigenvalue weighted by atomic mass is 19.1. The van der Waals surface area contributed by atoms with Crippen LogP contribution >= 0.6 is 0 Å². The minimum Gasteiger partial charge on any atom is -0.497 e. The van der Waals surface area contributed by atoms with Crippen molar-refractivity contribution in [2.45, 2.75) is 25.7 Å². The first kappa shape index (κ1) is 26.6. The maximum atomic E-state index is 15.2. The Morgan fingerprint density at radius 3 is 2.35 bits per heavy atom. The second-order valence-electron chi connectivity index (χ2n) is 9.23. The third-order valence-electron chi connectivity index (χ3n) is 6.61. The van der Waals surface area contributed by atoms with E-state index in [1.165, 1.54) is 21.7 Å². The molecule has 0 spiro atoms. The molecule has 0 saturated carbocycles. The van der Waals surface area contributed by atoms with Gasteiger partial charge in [-0.1, -0.05) is 78.0 Å². The van der Waals surface area contributed by atoms with Gasteiger partial charge in [-0.15, -0.1) is 5.10 Å². The lowest BCUT2D eigenvalue weighted by molar-refractivity contribution is -0.142. The number of ether oxygens (including phenoxy) is 1. The number of fused-ring (bicyclic) bond motifs is 1. The number of nitrogens with one attached hydrogen (secondary N) is 1. The van der Waals surface area contributed by atoms with Gasteiger partial charge < -0.3 is 15.0 Å². The van der Waals surface area contributed by atoms with Crippen LogP contribution in [0.25, 0.3) is 11.0 Å². The monoisotopic (exact) mass is 537 g/mol. The molecule has 40 heavy (non-hydrogen) atoms. The van der Waals surface area contributed by atoms with Crippen molar-refractivity contribution in [1.82, 2.24) is 25.2 Å². The van der Waals surface area contributed by atoms with Gasteiger partial charge in [0.2, 0.25) is 11.8 Å². The number of carbonyl (C=O) groups excluding carboxylic acids is 2. The van der Waals surface area contributed by atoms with Crippen molar-refractivity contribution in [3.05, 3.63) is 126 Å². The van der Waals surface area contributed by atoms with E-state index in [2.05, 4.69) is 15.6 Å². The highest BCUT2D eigenvalue weighted by Gasteiger charge is 2.34. The normalized spacial score (nSPS) is 11.7. The zero-order valence-corrected chi connectivity index (χ0v) is 21.9. The molecule has 0 fully saturated rings. The zero-order valence-electron chi connectivity index (χ0n) is 21.9. The van der Waals surface area contributed by atoms with Crippen molar-refractivity contribution < 1.29 is 18.7 Å². The average Bonchev–Trinajstić information content (AvgIpc) is 3.40. The molecule has 5 rings (SSSR count). The number of nitrogens with zero attached hydrogens (tertiary/aromatic N) is 4. The molecule has 4 aromatic carbocycles. The van der Waals surface area contributed by atoms with Crippen molar-refractivity contribution in [2.24, 2.45) is 0 Å². The minimum absolute atomic E-state index is 0.0488. The largest absolute Gasteiger partial charge is 0.497 e. The molecular formula is C31H28FN5O3. The fraction of sp³-hybridized carbons (Fsp3) is 0.161. The lowest BCUT2D eigenvalue weighted by atomic mass is 10.0. The summed E-state index contributed by atoms with van der Waals surface area (Å²) < 4.78 is 22.0. The van der Waals surface area contributed by atoms with Crippen LogP contribution in [0.2, 0.25) is 0 Å². The van der Waals surface area contributed by atoms with E-state index in [1.807, 2.05) is 60.7 Å². The lowest BCUT2D eigenvalue weighted by Crippen LogP contribution is -2.44. The smallest absolute Gasteiger partial charge is 0.247 e. The van der Waals surface area contributed by atoms with Crippen molar-refractivity contribution in [3.63, 3.8) is 0 Å². The van der Waals surface area contributed by atoms with E-state index in [-0.39, 0.29) is 25.2 Å². The van der Waals surface area contributed by atoms with Gasteiger partial charge in [-0.05, 0) is 41.5 Å². The van der Waals surface area contributed by atoms with E-state index < -0.39 is 23.7 Å². The minimum atomic E-state index is -1.24. The number of carbonyl (C=O) groups is 2. The molecule has 0 radical (unpaired) electrons. The molecule has 5 aromatic rings. The van der Waals surface area contributed by atoms with Crippen LogP contribution in [0.5, 0.6) is 5.75 Å². The quantitative estimate of drug-likeness (QED) is 0.280. The van der Waals surface area contributed by atoms with Gasteiger partial charge in [-0.25, -0.2) is 9.07 Å². The topological polar surface area (TPSA) is 89.3 Å². The Bertz CT molecular complexity index is 1600. The number of amides is 2. The summed E-state index contributed by atoms with van der Waals surface area (Å²) >= 11 is 0. The highest BCUT2D eigenvalue weighted by molar-refractivity contribution is 5.89. The predicted molar refractivity (Wildman–Crippen MR) is 149 cm³/mol. The number of benzene rings is 4. The van der Waals surface area contributed by atoms with Crippen LogP contribution in [0.3, 0.4) is 0 Å². The van der Waals surface area contributed by atoms with E-state index in [9.17, 15) is 9.59 Å². The van der Waals surface area contributed by atoms with Gasteiger partial charge in [0.15, 0.2) is 0 Å². The Balaban J connectivity index is 1.52. The van der Waals surface area contributed by atoms with E-state index in [0.29, 0.717) is 16.8 Å². The molecule has 1 heterocycles. The summed E-state index contributed by atoms with van der Waals surface area (Å²) in [5, 5.41) is 11.2. The average molecular weight is 538 g/mol. The maximum Gasteiger partial charge on any atom is 0.247 e. The van der Waals surface area contributed by atoms with Crippen LogP contribution in [0.15, 0.2) is 103 Å². The molecular weight excluding hydrogens is 509 g/mol. The summed E-state index contributed by atoms with van der Waals surface area (Å²) in [5.41, 5.74) is 3.04. The predicted octanol–water partition coefficient (Wildman–Crippen LogP) is 4.67. The Kier molecular flexibility index (Phi) is 8.10. The van der Waals surface area contributed by atoms with Crippen LogP contribution in [-0.4, -0.2) is 38.8 Å². The molecule has 2 amide bonds. The van der Waals surface area contributed by atoms with Gasteiger partial charge in [0.1, 0.15) is 29.7 Å². The highest BCUT2D eigenvalue weighted by Crippen LogP contribution is 2.27. The summed E-state index contributed by atoms with van der Waals surface area (Å²) in [6.07, 6.45) is 0. The van der Waals surface area contributed by atoms with E-state index in [0.717, 1.165) is 11.1 Å². The number of aromatic nitrogens is 3. The van der Waals surface area contributed by atoms with Gasteiger partial charge in [-0.3, -0.25) is 9.59 Å². The number of hydrogen-bond acceptors (Lipinski definition) is 5. The van der Waals surface area contributed by atoms with E-state index >= 15 is 4.39 Å². The zero-order chi connectivity index (χ0) is 27.9. The van der Waals surface area contributed by atoms with Crippen LogP contribution in [0.4, 0.5) is 4.39 Å². The van der Waals surface area contributed by atoms with Crippen LogP contribution in [0.1, 0.15) is 22.7 Å². The molecule has 0 bridgehead atoms. The molecule has 0 aliphatic heterocycles. The molecule has 1 atom stereocenters. The number of para-hydroxylation sites is 1. The number of halogens is 1. The Morgan fingerprint density at radius 1 is 0.900 bits per heavy atom. The van der Waals surface area contributed by atoms with Gasteiger partial charge in [-0.2, -0.15) is 0 Å². The first-order valence-corrected chi connectivity index (χ1v) is 12.8. The number of methoxy groups -OCH3 is 1. The fourth-order valence-electron chi connectivity index (χ4n) is 4.53. The van der Waals surface area contributed by atoms with E-state index in [1.54, 1.807) is 37.4 Å². The van der Waals surface area contributed by atoms with Crippen molar-refractivity contribution in [2.75, 3.05) is 7.11 Å². The summed E-state index contributed by atoms with van der Waals surface area (Å²) in [4.78, 5) is 29.2. The number of hydrogen-bond donors (Lipinski definition) is 1. The van der Waals surface area contributed by atoms with Crippen LogP contribution < -0.4 is 10.1 Å². The van der Waals surface area contributed by atoms with Crippen molar-refractivity contribution in [1.29, 1.82) is 0 Å². The van der Waals surface area contributed by atoms with Gasteiger partial charge in [0.25, 0.3) is 0 Å². The number of rotatable bonds is 10. The van der Waals surface area contributed by atoms with Gasteiger partial charge in [0.05, 0.1) is 12.6 Å². The van der Waals surface area contributed by atoms with Crippen LogP contribution in [-0.2, 0) is 29.2 Å². The first-order chi connectivity index (χ1) is 19.5. The standard InChI is InChI=1S/C31H28FN5O3/c1-40-24-17-15-23(16-18-24)20-36(29(38)21-37-28-14-8-7-13-27(28)34-35-37)30(25-11-5-6-12-26(25)32)31(39)33-19-22-9-3-2-4-10-22/h2-18,30H,19-21H2,1H3,(H,33,39)/t30-/m0/s1. The maximum absolute atomic E-state index is 15.2. The van der Waals surface area contributed by atoms with Crippen molar-refractivity contribution in [3.8, 4) is 5.75 Å². The molecule has 8 nitrogen and oxygen atoms in total. The summed E-state index contributed by atoms with van der Waals surface area (Å²) in [6, 6.07) is 28.6. The molecule has 0 unspecified atom stereocenters. The SMILES string of the molecule is COc1ccc(CN(C(=O)Cn2nnc3ccccc32)[C@H](C(=O)NCc2ccccc2)c2ccccc2F)cc1. The molecule has 0 aliphatic carbocycles. The summed E-state index contributed by atoms with van der Waals surface area (Å²) in [6.45, 7) is 0.0870. The van der Waals surface area contributed by atoms with Gasteiger partial charge >= 0.3 is 0 Å². The fourth-order valence-corrected chi connectivity index (χ4v) is 4.53. The van der Waals surface area contributed by atoms with Crippen LogP contribution in [0, 0.1) is 5.82 Å². The molecule has 9 heteroatoms.